The van der Waals surface area contributed by atoms with E-state index in [1.165, 1.54) is 6.20 Å². The third kappa shape index (κ3) is 1.66. The lowest BCUT2D eigenvalue weighted by molar-refractivity contribution is 0.111. The molecule has 1 heterocycles. The van der Waals surface area contributed by atoms with E-state index >= 15 is 0 Å². The van der Waals surface area contributed by atoms with Crippen LogP contribution in [0.2, 0.25) is 0 Å². The monoisotopic (exact) mass is 204 g/mol. The zero-order valence-corrected chi connectivity index (χ0v) is 8.14. The molecular formula is C11H9FN2O. The first-order valence-corrected chi connectivity index (χ1v) is 4.48. The molecule has 0 fully saturated rings. The van der Waals surface area contributed by atoms with E-state index in [0.717, 1.165) is 10.2 Å². The summed E-state index contributed by atoms with van der Waals surface area (Å²) >= 11 is 0. The van der Waals surface area contributed by atoms with Crippen LogP contribution in [0.3, 0.4) is 0 Å². The Balaban J connectivity index is 2.49. The Morgan fingerprint density at radius 3 is 2.53 bits per heavy atom. The van der Waals surface area contributed by atoms with Crippen molar-refractivity contribution in [3.05, 3.63) is 47.5 Å². The van der Waals surface area contributed by atoms with Crippen LogP contribution in [-0.4, -0.2) is 16.1 Å². The molecule has 0 unspecified atom stereocenters. The van der Waals surface area contributed by atoms with Gasteiger partial charge in [0.05, 0.1) is 17.4 Å². The number of rotatable bonds is 2. The Morgan fingerprint density at radius 1 is 1.33 bits per heavy atom. The molecule has 0 spiro atoms. The van der Waals surface area contributed by atoms with Crippen LogP contribution in [-0.2, 0) is 0 Å². The van der Waals surface area contributed by atoms with Crippen molar-refractivity contribution in [3.63, 3.8) is 0 Å². The highest BCUT2D eigenvalue weighted by molar-refractivity contribution is 5.74. The van der Waals surface area contributed by atoms with Gasteiger partial charge in [-0.1, -0.05) is 17.7 Å². The van der Waals surface area contributed by atoms with Crippen LogP contribution in [0.1, 0.15) is 15.9 Å². The number of halogens is 1. The average molecular weight is 204 g/mol. The van der Waals surface area contributed by atoms with Crippen LogP contribution in [0.4, 0.5) is 4.39 Å². The number of benzene rings is 1. The largest absolute Gasteiger partial charge is 0.298 e. The minimum Gasteiger partial charge on any atom is -0.298 e. The van der Waals surface area contributed by atoms with Crippen LogP contribution in [0.25, 0.3) is 5.69 Å². The Bertz CT molecular complexity index is 488. The third-order valence-corrected chi connectivity index (χ3v) is 2.14. The summed E-state index contributed by atoms with van der Waals surface area (Å²) in [6.07, 6.45) is 1.66. The minimum atomic E-state index is -0.631. The van der Waals surface area contributed by atoms with Crippen molar-refractivity contribution in [1.82, 2.24) is 9.78 Å². The first kappa shape index (κ1) is 9.58. The van der Waals surface area contributed by atoms with Gasteiger partial charge in [0.1, 0.15) is 0 Å². The van der Waals surface area contributed by atoms with Crippen molar-refractivity contribution in [3.8, 4) is 5.69 Å². The molecule has 1 aromatic carbocycles. The SMILES string of the molecule is Cc1ccc(-n2ncc(C=O)c2F)cc1. The lowest BCUT2D eigenvalue weighted by Gasteiger charge is -2.01. The second-order valence-corrected chi connectivity index (χ2v) is 3.26. The van der Waals surface area contributed by atoms with E-state index in [1.54, 1.807) is 12.1 Å². The van der Waals surface area contributed by atoms with Gasteiger partial charge in [-0.25, -0.2) is 4.68 Å². The topological polar surface area (TPSA) is 34.9 Å². The Kier molecular flexibility index (Phi) is 2.33. The molecule has 0 aliphatic heterocycles. The van der Waals surface area contributed by atoms with Crippen LogP contribution in [0.15, 0.2) is 30.5 Å². The van der Waals surface area contributed by atoms with Crippen molar-refractivity contribution in [2.75, 3.05) is 0 Å². The maximum absolute atomic E-state index is 13.5. The molecule has 0 saturated heterocycles. The van der Waals surface area contributed by atoms with E-state index in [9.17, 15) is 9.18 Å². The summed E-state index contributed by atoms with van der Waals surface area (Å²) in [5, 5.41) is 3.80. The smallest absolute Gasteiger partial charge is 0.226 e. The van der Waals surface area contributed by atoms with E-state index in [0.29, 0.717) is 12.0 Å². The van der Waals surface area contributed by atoms with E-state index in [4.69, 9.17) is 0 Å². The van der Waals surface area contributed by atoms with Gasteiger partial charge in [0, 0.05) is 0 Å². The third-order valence-electron chi connectivity index (χ3n) is 2.14. The van der Waals surface area contributed by atoms with E-state index in [-0.39, 0.29) is 5.56 Å². The zero-order valence-electron chi connectivity index (χ0n) is 8.14. The van der Waals surface area contributed by atoms with Crippen molar-refractivity contribution >= 4 is 6.29 Å². The summed E-state index contributed by atoms with van der Waals surface area (Å²) in [6.45, 7) is 1.94. The van der Waals surface area contributed by atoms with Gasteiger partial charge in [-0.05, 0) is 19.1 Å². The summed E-state index contributed by atoms with van der Waals surface area (Å²) in [5.74, 6) is -0.631. The van der Waals surface area contributed by atoms with Crippen LogP contribution in [0.5, 0.6) is 0 Å². The average Bonchev–Trinajstić information content (AvgIpc) is 2.61. The van der Waals surface area contributed by atoms with Gasteiger partial charge >= 0.3 is 0 Å². The van der Waals surface area contributed by atoms with Gasteiger partial charge in [0.25, 0.3) is 0 Å². The molecule has 15 heavy (non-hydrogen) atoms. The van der Waals surface area contributed by atoms with E-state index in [2.05, 4.69) is 5.10 Å². The molecule has 3 nitrogen and oxygen atoms in total. The quantitative estimate of drug-likeness (QED) is 0.702. The summed E-state index contributed by atoms with van der Waals surface area (Å²) in [6, 6.07) is 7.22. The normalized spacial score (nSPS) is 10.3. The van der Waals surface area contributed by atoms with Crippen molar-refractivity contribution in [2.45, 2.75) is 6.92 Å². The number of carbonyl (C=O) groups excluding carboxylic acids is 1. The summed E-state index contributed by atoms with van der Waals surface area (Å²) in [4.78, 5) is 10.4. The molecule has 0 atom stereocenters. The molecule has 0 saturated carbocycles. The predicted molar refractivity (Wildman–Crippen MR) is 53.6 cm³/mol. The van der Waals surface area contributed by atoms with Gasteiger partial charge in [0.2, 0.25) is 5.95 Å². The first-order chi connectivity index (χ1) is 7.22. The van der Waals surface area contributed by atoms with E-state index < -0.39 is 5.95 Å². The Morgan fingerprint density at radius 2 is 2.00 bits per heavy atom. The molecule has 0 aliphatic carbocycles. The minimum absolute atomic E-state index is 0.0319. The molecular weight excluding hydrogens is 195 g/mol. The highest BCUT2D eigenvalue weighted by Gasteiger charge is 2.10. The van der Waals surface area contributed by atoms with E-state index in [1.807, 2.05) is 19.1 Å². The Hall–Kier alpha value is -1.97. The lowest BCUT2D eigenvalue weighted by atomic mass is 10.2. The van der Waals surface area contributed by atoms with Gasteiger partial charge < -0.3 is 0 Å². The number of aldehydes is 1. The van der Waals surface area contributed by atoms with Gasteiger partial charge in [-0.15, -0.1) is 0 Å². The standard InChI is InChI=1S/C11H9FN2O/c1-8-2-4-10(5-3-8)14-11(12)9(7-15)6-13-14/h2-7H,1H3. The van der Waals surface area contributed by atoms with Crippen LogP contribution < -0.4 is 0 Å². The highest BCUT2D eigenvalue weighted by Crippen LogP contribution is 2.12. The second kappa shape index (κ2) is 3.65. The molecule has 0 bridgehead atoms. The van der Waals surface area contributed by atoms with Crippen molar-refractivity contribution in [2.24, 2.45) is 0 Å². The van der Waals surface area contributed by atoms with Crippen LogP contribution in [0, 0.1) is 12.9 Å². The molecule has 0 aliphatic rings. The first-order valence-electron chi connectivity index (χ1n) is 4.48. The van der Waals surface area contributed by atoms with Gasteiger partial charge in [0.15, 0.2) is 6.29 Å². The highest BCUT2D eigenvalue weighted by atomic mass is 19.1. The second-order valence-electron chi connectivity index (χ2n) is 3.26. The fourth-order valence-electron chi connectivity index (χ4n) is 1.29. The summed E-state index contributed by atoms with van der Waals surface area (Å²) in [7, 11) is 0. The van der Waals surface area contributed by atoms with Crippen LogP contribution >= 0.6 is 0 Å². The Labute approximate surface area is 86.2 Å². The number of aromatic nitrogens is 2. The lowest BCUT2D eigenvalue weighted by Crippen LogP contribution is -2.00. The molecule has 76 valence electrons. The molecule has 1 aromatic heterocycles. The zero-order chi connectivity index (χ0) is 10.8. The molecule has 4 heteroatoms. The molecule has 2 rings (SSSR count). The van der Waals surface area contributed by atoms with Gasteiger partial charge in [-0.3, -0.25) is 4.79 Å². The molecule has 0 amide bonds. The molecule has 2 aromatic rings. The maximum atomic E-state index is 13.5. The van der Waals surface area contributed by atoms with Crippen molar-refractivity contribution < 1.29 is 9.18 Å². The van der Waals surface area contributed by atoms with Crippen molar-refractivity contribution in [1.29, 1.82) is 0 Å². The summed E-state index contributed by atoms with van der Waals surface area (Å²) in [5.41, 5.74) is 1.66. The maximum Gasteiger partial charge on any atom is 0.226 e. The number of hydrogen-bond acceptors (Lipinski definition) is 2. The number of carbonyl (C=O) groups is 1. The summed E-state index contributed by atoms with van der Waals surface area (Å²) < 4.78 is 14.6. The number of hydrogen-bond donors (Lipinski definition) is 0. The molecule has 0 radical (unpaired) electrons. The number of aryl methyl sites for hydroxylation is 1. The van der Waals surface area contributed by atoms with Gasteiger partial charge in [-0.2, -0.15) is 9.49 Å². The molecule has 0 N–H and O–H groups in total. The fourth-order valence-corrected chi connectivity index (χ4v) is 1.29. The number of nitrogens with zero attached hydrogens (tertiary/aromatic N) is 2. The predicted octanol–water partition coefficient (Wildman–Crippen LogP) is 2.13. The fraction of sp³-hybridized carbons (Fsp3) is 0.0909.